The molecule has 0 aliphatic heterocycles. The summed E-state index contributed by atoms with van der Waals surface area (Å²) in [7, 11) is 0. The Labute approximate surface area is 154 Å². The predicted octanol–water partition coefficient (Wildman–Crippen LogP) is 5.82. The lowest BCUT2D eigenvalue weighted by molar-refractivity contribution is 0.159. The van der Waals surface area contributed by atoms with Crippen LogP contribution in [0.1, 0.15) is 43.2 Å². The van der Waals surface area contributed by atoms with E-state index in [4.69, 9.17) is 4.74 Å². The summed E-state index contributed by atoms with van der Waals surface area (Å²) in [6.07, 6.45) is 3.85. The Balaban J connectivity index is 1.70. The van der Waals surface area contributed by atoms with E-state index >= 15 is 0 Å². The van der Waals surface area contributed by atoms with Gasteiger partial charge in [-0.3, -0.25) is 0 Å². The van der Waals surface area contributed by atoms with E-state index in [1.54, 1.807) is 0 Å². The van der Waals surface area contributed by atoms with Gasteiger partial charge >= 0.3 is 0 Å². The van der Waals surface area contributed by atoms with Gasteiger partial charge in [0.25, 0.3) is 0 Å². The topological polar surface area (TPSA) is 29.5 Å². The highest BCUT2D eigenvalue weighted by Gasteiger charge is 2.47. The maximum Gasteiger partial charge on any atom is 0.135 e. The number of hydrogen-bond acceptors (Lipinski definition) is 2. The van der Waals surface area contributed by atoms with E-state index in [0.29, 0.717) is 5.92 Å². The highest BCUT2D eigenvalue weighted by atomic mass is 16.5. The Morgan fingerprint density at radius 2 is 1.73 bits per heavy atom. The number of ether oxygens (including phenoxy) is 1. The number of fused-ring (bicyclic) bond motifs is 5. The molecular formula is C24H24O2. The molecule has 3 aromatic carbocycles. The summed E-state index contributed by atoms with van der Waals surface area (Å²) in [6.45, 7) is 2.35. The second-order valence-electron chi connectivity index (χ2n) is 8.20. The zero-order valence-corrected chi connectivity index (χ0v) is 15.1. The van der Waals surface area contributed by atoms with Gasteiger partial charge in [0.05, 0.1) is 6.10 Å². The standard InChI is InChI=1S/C24H24O2/c1-24-12-11-19-18-9-5-6-10-20(18)23(26-17-7-3-2-4-8-17)14-21(19)22(24)13-16(25)15-24/h2-10,14,16,22,25H,11-13,15H2,1H3/t16-,22+,24-/m0/s1. The van der Waals surface area contributed by atoms with Gasteiger partial charge in [-0.15, -0.1) is 0 Å². The van der Waals surface area contributed by atoms with Crippen molar-refractivity contribution in [1.82, 2.24) is 0 Å². The molecule has 2 aliphatic carbocycles. The van der Waals surface area contributed by atoms with Crippen LogP contribution in [0.25, 0.3) is 10.8 Å². The number of hydrogen-bond donors (Lipinski definition) is 1. The van der Waals surface area contributed by atoms with Gasteiger partial charge in [0.15, 0.2) is 0 Å². The van der Waals surface area contributed by atoms with Crippen molar-refractivity contribution in [3.63, 3.8) is 0 Å². The monoisotopic (exact) mass is 344 g/mol. The molecule has 0 aromatic heterocycles. The molecule has 0 bridgehead atoms. The third-order valence-corrected chi connectivity index (χ3v) is 6.50. The largest absolute Gasteiger partial charge is 0.457 e. The molecule has 0 amide bonds. The van der Waals surface area contributed by atoms with Crippen molar-refractivity contribution in [3.05, 3.63) is 71.8 Å². The molecular weight excluding hydrogens is 320 g/mol. The van der Waals surface area contributed by atoms with E-state index in [-0.39, 0.29) is 11.5 Å². The van der Waals surface area contributed by atoms with E-state index in [1.165, 1.54) is 21.9 Å². The molecule has 5 rings (SSSR count). The number of para-hydroxylation sites is 1. The number of aliphatic hydroxyl groups is 1. The summed E-state index contributed by atoms with van der Waals surface area (Å²) in [4.78, 5) is 0. The van der Waals surface area contributed by atoms with Crippen LogP contribution in [0.5, 0.6) is 11.5 Å². The van der Waals surface area contributed by atoms with Crippen molar-refractivity contribution in [2.75, 3.05) is 0 Å². The maximum atomic E-state index is 10.3. The minimum atomic E-state index is -0.180. The van der Waals surface area contributed by atoms with Crippen molar-refractivity contribution >= 4 is 10.8 Å². The first kappa shape index (κ1) is 15.9. The van der Waals surface area contributed by atoms with E-state index in [0.717, 1.165) is 37.2 Å². The lowest BCUT2D eigenvalue weighted by Crippen LogP contribution is -2.26. The highest BCUT2D eigenvalue weighted by Crippen LogP contribution is 2.57. The van der Waals surface area contributed by atoms with E-state index < -0.39 is 0 Å². The molecule has 1 fully saturated rings. The van der Waals surface area contributed by atoms with Crippen LogP contribution >= 0.6 is 0 Å². The van der Waals surface area contributed by atoms with Crippen LogP contribution in [-0.4, -0.2) is 11.2 Å². The molecule has 0 spiro atoms. The smallest absolute Gasteiger partial charge is 0.135 e. The van der Waals surface area contributed by atoms with Crippen LogP contribution in [0, 0.1) is 5.41 Å². The van der Waals surface area contributed by atoms with Gasteiger partial charge in [0.1, 0.15) is 11.5 Å². The second kappa shape index (κ2) is 5.85. The number of aryl methyl sites for hydroxylation is 1. The van der Waals surface area contributed by atoms with Crippen molar-refractivity contribution in [1.29, 1.82) is 0 Å². The first-order chi connectivity index (χ1) is 12.6. The number of aliphatic hydroxyl groups excluding tert-OH is 1. The Morgan fingerprint density at radius 3 is 2.54 bits per heavy atom. The van der Waals surface area contributed by atoms with Crippen LogP contribution in [0.4, 0.5) is 0 Å². The zero-order chi connectivity index (χ0) is 17.7. The quantitative estimate of drug-likeness (QED) is 0.634. The number of rotatable bonds is 2. The van der Waals surface area contributed by atoms with E-state index in [1.807, 2.05) is 30.3 Å². The van der Waals surface area contributed by atoms with Gasteiger partial charge in [0.2, 0.25) is 0 Å². The summed E-state index contributed by atoms with van der Waals surface area (Å²) in [5.41, 5.74) is 3.05. The van der Waals surface area contributed by atoms with Gasteiger partial charge in [-0.05, 0) is 71.7 Å². The third kappa shape index (κ3) is 2.44. The van der Waals surface area contributed by atoms with Gasteiger partial charge in [-0.2, -0.15) is 0 Å². The maximum absolute atomic E-state index is 10.3. The molecule has 2 aliphatic rings. The Morgan fingerprint density at radius 1 is 1.00 bits per heavy atom. The highest BCUT2D eigenvalue weighted by molar-refractivity contribution is 5.92. The average Bonchev–Trinajstić information content (AvgIpc) is 2.97. The normalized spacial score (nSPS) is 27.2. The second-order valence-corrected chi connectivity index (χ2v) is 8.20. The van der Waals surface area contributed by atoms with Crippen LogP contribution < -0.4 is 4.74 Å². The lowest BCUT2D eigenvalue weighted by Gasteiger charge is -2.38. The summed E-state index contributed by atoms with van der Waals surface area (Å²) in [5, 5.41) is 12.8. The molecule has 1 saturated carbocycles. The van der Waals surface area contributed by atoms with Crippen LogP contribution in [-0.2, 0) is 6.42 Å². The first-order valence-corrected chi connectivity index (χ1v) is 9.59. The fourth-order valence-electron chi connectivity index (χ4n) is 5.22. The molecule has 2 nitrogen and oxygen atoms in total. The molecule has 0 unspecified atom stereocenters. The van der Waals surface area contributed by atoms with E-state index in [2.05, 4.69) is 37.3 Å². The molecule has 2 heteroatoms. The molecule has 1 N–H and O–H groups in total. The van der Waals surface area contributed by atoms with Crippen molar-refractivity contribution in [2.24, 2.45) is 5.41 Å². The van der Waals surface area contributed by atoms with Gasteiger partial charge in [-0.25, -0.2) is 0 Å². The molecule has 0 radical (unpaired) electrons. The molecule has 132 valence electrons. The third-order valence-electron chi connectivity index (χ3n) is 6.50. The van der Waals surface area contributed by atoms with Gasteiger partial charge in [-0.1, -0.05) is 49.4 Å². The average molecular weight is 344 g/mol. The van der Waals surface area contributed by atoms with Crippen LogP contribution in [0.15, 0.2) is 60.7 Å². The minimum absolute atomic E-state index is 0.180. The SMILES string of the molecule is C[C@@]12CCc3c(cc(Oc4ccccc4)c4ccccc34)[C@H]1C[C@H](O)C2. The van der Waals surface area contributed by atoms with Gasteiger partial charge < -0.3 is 9.84 Å². The van der Waals surface area contributed by atoms with Crippen molar-refractivity contribution in [3.8, 4) is 11.5 Å². The van der Waals surface area contributed by atoms with Gasteiger partial charge in [0, 0.05) is 5.39 Å². The van der Waals surface area contributed by atoms with E-state index in [9.17, 15) is 5.11 Å². The molecule has 3 atom stereocenters. The summed E-state index contributed by atoms with van der Waals surface area (Å²) in [6, 6.07) is 20.8. The Kier molecular flexibility index (Phi) is 3.58. The van der Waals surface area contributed by atoms with Crippen molar-refractivity contribution < 1.29 is 9.84 Å². The fourth-order valence-corrected chi connectivity index (χ4v) is 5.22. The Bertz CT molecular complexity index is 963. The molecule has 0 saturated heterocycles. The molecule has 0 heterocycles. The van der Waals surface area contributed by atoms with Crippen LogP contribution in [0.2, 0.25) is 0 Å². The predicted molar refractivity (Wildman–Crippen MR) is 105 cm³/mol. The fraction of sp³-hybridized carbons (Fsp3) is 0.333. The minimum Gasteiger partial charge on any atom is -0.457 e. The summed E-state index contributed by atoms with van der Waals surface area (Å²) < 4.78 is 6.30. The molecule has 3 aromatic rings. The van der Waals surface area contributed by atoms with Crippen LogP contribution in [0.3, 0.4) is 0 Å². The lowest BCUT2D eigenvalue weighted by atomic mass is 9.66. The number of benzene rings is 3. The Hall–Kier alpha value is -2.32. The first-order valence-electron chi connectivity index (χ1n) is 9.59. The molecule has 26 heavy (non-hydrogen) atoms. The van der Waals surface area contributed by atoms with Crippen molar-refractivity contribution in [2.45, 2.75) is 44.6 Å². The summed E-state index contributed by atoms with van der Waals surface area (Å²) in [5.74, 6) is 2.21. The zero-order valence-electron chi connectivity index (χ0n) is 15.1. The summed E-state index contributed by atoms with van der Waals surface area (Å²) >= 11 is 0.